The summed E-state index contributed by atoms with van der Waals surface area (Å²) in [4.78, 5) is 15.4. The molecule has 1 heterocycles. The molecule has 19 heavy (non-hydrogen) atoms. The van der Waals surface area contributed by atoms with Crippen LogP contribution in [-0.4, -0.2) is 33.8 Å². The molecule has 0 fully saturated rings. The Labute approximate surface area is 113 Å². The van der Waals surface area contributed by atoms with E-state index in [1.54, 1.807) is 6.07 Å². The number of pyridine rings is 1. The van der Waals surface area contributed by atoms with Gasteiger partial charge in [-0.2, -0.15) is 0 Å². The highest BCUT2D eigenvalue weighted by atomic mass is 16.4. The van der Waals surface area contributed by atoms with Gasteiger partial charge in [0.15, 0.2) is 0 Å². The lowest BCUT2D eigenvalue weighted by Crippen LogP contribution is -2.14. The van der Waals surface area contributed by atoms with Gasteiger partial charge in [-0.3, -0.25) is 0 Å². The van der Waals surface area contributed by atoms with Crippen molar-refractivity contribution in [1.82, 2.24) is 4.98 Å². The number of carboxylic acid groups (broad SMARTS) is 1. The number of hydrogen-bond donors (Lipinski definition) is 3. The minimum Gasteiger partial charge on any atom is -0.478 e. The van der Waals surface area contributed by atoms with E-state index in [4.69, 9.17) is 5.11 Å². The molecule has 0 bridgehead atoms. The number of nitrogens with one attached hydrogen (secondary N) is 1. The number of aromatic carboxylic acids is 1. The summed E-state index contributed by atoms with van der Waals surface area (Å²) >= 11 is 0. The van der Waals surface area contributed by atoms with Crippen molar-refractivity contribution in [2.24, 2.45) is 0 Å². The van der Waals surface area contributed by atoms with Gasteiger partial charge in [0, 0.05) is 12.2 Å². The summed E-state index contributed by atoms with van der Waals surface area (Å²) in [6.45, 7) is 6.44. The van der Waals surface area contributed by atoms with E-state index in [-0.39, 0.29) is 17.6 Å². The third kappa shape index (κ3) is 4.87. The molecule has 106 valence electrons. The van der Waals surface area contributed by atoms with E-state index in [9.17, 15) is 9.90 Å². The molecule has 0 aliphatic rings. The molecule has 0 aromatic carbocycles. The predicted octanol–water partition coefficient (Wildman–Crippen LogP) is 2.48. The van der Waals surface area contributed by atoms with Crippen molar-refractivity contribution in [3.8, 4) is 0 Å². The summed E-state index contributed by atoms with van der Waals surface area (Å²) in [5.41, 5.74) is 0.982. The fourth-order valence-electron chi connectivity index (χ4n) is 1.63. The third-order valence-corrected chi connectivity index (χ3v) is 2.94. The summed E-state index contributed by atoms with van der Waals surface area (Å²) in [6, 6.07) is 3.12. The zero-order valence-electron chi connectivity index (χ0n) is 11.7. The Balaban J connectivity index is 2.79. The van der Waals surface area contributed by atoms with Crippen LogP contribution < -0.4 is 5.32 Å². The maximum atomic E-state index is 11.1. The average Bonchev–Trinajstić information content (AvgIpc) is 2.38. The molecule has 0 amide bonds. The van der Waals surface area contributed by atoms with Gasteiger partial charge < -0.3 is 15.5 Å². The highest BCUT2D eigenvalue weighted by Gasteiger charge is 2.11. The van der Waals surface area contributed by atoms with E-state index in [0.717, 1.165) is 5.69 Å². The van der Waals surface area contributed by atoms with Crippen molar-refractivity contribution in [3.63, 3.8) is 0 Å². The lowest BCUT2D eigenvalue weighted by Gasteiger charge is -2.12. The van der Waals surface area contributed by atoms with Crippen molar-refractivity contribution in [3.05, 3.63) is 23.4 Å². The van der Waals surface area contributed by atoms with Gasteiger partial charge in [-0.1, -0.05) is 20.8 Å². The summed E-state index contributed by atoms with van der Waals surface area (Å²) in [7, 11) is 0. The number of aromatic nitrogens is 1. The number of carboxylic acids is 1. The molecule has 0 aliphatic heterocycles. The Hall–Kier alpha value is -1.62. The summed E-state index contributed by atoms with van der Waals surface area (Å²) < 4.78 is 0. The monoisotopic (exact) mass is 266 g/mol. The molecule has 0 radical (unpaired) electrons. The Morgan fingerprint density at radius 1 is 1.42 bits per heavy atom. The predicted molar refractivity (Wildman–Crippen MR) is 74.7 cm³/mol. The minimum atomic E-state index is -0.957. The molecule has 3 N–H and O–H groups in total. The lowest BCUT2D eigenvalue weighted by atomic mass is 10.1. The molecule has 1 rings (SSSR count). The van der Waals surface area contributed by atoms with Crippen LogP contribution in [0.1, 0.15) is 55.6 Å². The van der Waals surface area contributed by atoms with Crippen LogP contribution >= 0.6 is 0 Å². The van der Waals surface area contributed by atoms with Crippen molar-refractivity contribution < 1.29 is 15.0 Å². The molecule has 1 atom stereocenters. The van der Waals surface area contributed by atoms with Crippen LogP contribution in [0.4, 0.5) is 5.82 Å². The van der Waals surface area contributed by atoms with Gasteiger partial charge in [-0.15, -0.1) is 0 Å². The topological polar surface area (TPSA) is 82.5 Å². The second-order valence-electron chi connectivity index (χ2n) is 4.90. The van der Waals surface area contributed by atoms with Crippen LogP contribution in [-0.2, 0) is 0 Å². The Morgan fingerprint density at radius 2 is 2.11 bits per heavy atom. The second-order valence-corrected chi connectivity index (χ2v) is 4.90. The quantitative estimate of drug-likeness (QED) is 0.706. The first kappa shape index (κ1) is 15.4. The SMILES string of the molecule is CCC(O)CCNc1cc(C(=O)O)cc(C(C)C)n1. The van der Waals surface area contributed by atoms with E-state index in [2.05, 4.69) is 10.3 Å². The first-order valence-electron chi connectivity index (χ1n) is 6.61. The van der Waals surface area contributed by atoms with Crippen LogP contribution in [0.5, 0.6) is 0 Å². The Morgan fingerprint density at radius 3 is 2.63 bits per heavy atom. The molecule has 0 saturated heterocycles. The largest absolute Gasteiger partial charge is 0.478 e. The van der Waals surface area contributed by atoms with Gasteiger partial charge in [-0.25, -0.2) is 9.78 Å². The summed E-state index contributed by atoms with van der Waals surface area (Å²) in [5.74, 6) is -0.242. The normalized spacial score (nSPS) is 12.5. The highest BCUT2D eigenvalue weighted by molar-refractivity contribution is 5.88. The minimum absolute atomic E-state index is 0.168. The molecular formula is C14H22N2O3. The smallest absolute Gasteiger partial charge is 0.335 e. The number of nitrogens with zero attached hydrogens (tertiary/aromatic N) is 1. The van der Waals surface area contributed by atoms with Gasteiger partial charge in [0.05, 0.1) is 11.7 Å². The Kier molecular flexibility index (Phi) is 5.76. The van der Waals surface area contributed by atoms with Crippen LogP contribution in [0.3, 0.4) is 0 Å². The number of aliphatic hydroxyl groups excluding tert-OH is 1. The first-order chi connectivity index (χ1) is 8.93. The average molecular weight is 266 g/mol. The van der Waals surface area contributed by atoms with Gasteiger partial charge in [0.1, 0.15) is 5.82 Å². The van der Waals surface area contributed by atoms with E-state index in [0.29, 0.717) is 25.2 Å². The fourth-order valence-corrected chi connectivity index (χ4v) is 1.63. The second kappa shape index (κ2) is 7.09. The van der Waals surface area contributed by atoms with Gasteiger partial charge in [-0.05, 0) is 30.9 Å². The van der Waals surface area contributed by atoms with Crippen LogP contribution in [0.15, 0.2) is 12.1 Å². The fraction of sp³-hybridized carbons (Fsp3) is 0.571. The number of aliphatic hydroxyl groups is 1. The van der Waals surface area contributed by atoms with Crippen molar-refractivity contribution in [2.75, 3.05) is 11.9 Å². The van der Waals surface area contributed by atoms with Crippen LogP contribution in [0.2, 0.25) is 0 Å². The molecule has 0 spiro atoms. The van der Waals surface area contributed by atoms with E-state index in [1.165, 1.54) is 6.07 Å². The van der Waals surface area contributed by atoms with Gasteiger partial charge in [0.25, 0.3) is 0 Å². The van der Waals surface area contributed by atoms with Crippen LogP contribution in [0, 0.1) is 0 Å². The first-order valence-corrected chi connectivity index (χ1v) is 6.61. The third-order valence-electron chi connectivity index (χ3n) is 2.94. The zero-order chi connectivity index (χ0) is 14.4. The Bertz CT molecular complexity index is 433. The van der Waals surface area contributed by atoms with Gasteiger partial charge in [0.2, 0.25) is 0 Å². The molecule has 0 saturated carbocycles. The molecule has 1 aromatic heterocycles. The van der Waals surface area contributed by atoms with Crippen LogP contribution in [0.25, 0.3) is 0 Å². The molecule has 5 nitrogen and oxygen atoms in total. The van der Waals surface area contributed by atoms with Crippen molar-refractivity contribution in [1.29, 1.82) is 0 Å². The standard InChI is InChI=1S/C14H22N2O3/c1-4-11(17)5-6-15-13-8-10(14(18)19)7-12(16-13)9(2)3/h7-9,11,17H,4-6H2,1-3H3,(H,15,16)(H,18,19). The molecule has 0 aliphatic carbocycles. The maximum absolute atomic E-state index is 11.1. The lowest BCUT2D eigenvalue weighted by molar-refractivity contribution is 0.0696. The van der Waals surface area contributed by atoms with Crippen molar-refractivity contribution in [2.45, 2.75) is 45.6 Å². The van der Waals surface area contributed by atoms with E-state index in [1.807, 2.05) is 20.8 Å². The van der Waals surface area contributed by atoms with E-state index < -0.39 is 5.97 Å². The number of carbonyl (C=O) groups is 1. The highest BCUT2D eigenvalue weighted by Crippen LogP contribution is 2.17. The van der Waals surface area contributed by atoms with Crippen molar-refractivity contribution >= 4 is 11.8 Å². The molecule has 1 aromatic rings. The zero-order valence-corrected chi connectivity index (χ0v) is 11.7. The summed E-state index contributed by atoms with van der Waals surface area (Å²) in [6.07, 6.45) is 0.994. The molecule has 5 heteroatoms. The number of hydrogen-bond acceptors (Lipinski definition) is 4. The number of anilines is 1. The molecular weight excluding hydrogens is 244 g/mol. The van der Waals surface area contributed by atoms with Gasteiger partial charge >= 0.3 is 5.97 Å². The number of rotatable bonds is 7. The van der Waals surface area contributed by atoms with E-state index >= 15 is 0 Å². The maximum Gasteiger partial charge on any atom is 0.335 e. The molecule has 1 unspecified atom stereocenters. The summed E-state index contributed by atoms with van der Waals surface area (Å²) in [5, 5.41) is 21.6.